The van der Waals surface area contributed by atoms with Crippen LogP contribution in [0, 0.1) is 0 Å². The second kappa shape index (κ2) is 21.9. The van der Waals surface area contributed by atoms with Gasteiger partial charge in [0, 0.05) is 35.1 Å². The van der Waals surface area contributed by atoms with Crippen molar-refractivity contribution in [3.63, 3.8) is 0 Å². The molecule has 0 aliphatic rings. The van der Waals surface area contributed by atoms with Gasteiger partial charge in [0.15, 0.2) is 11.6 Å². The zero-order chi connectivity index (χ0) is 36.2. The van der Waals surface area contributed by atoms with Gasteiger partial charge in [-0.15, -0.1) is 0 Å². The molecule has 1 atom stereocenters. The second-order valence-electron chi connectivity index (χ2n) is 10.8. The fourth-order valence-corrected chi connectivity index (χ4v) is 3.79. The van der Waals surface area contributed by atoms with Gasteiger partial charge in [-0.1, -0.05) is 13.2 Å². The number of esters is 4. The average Bonchev–Trinajstić information content (AvgIpc) is 3.03. The Bertz CT molecular complexity index is 1360. The van der Waals surface area contributed by atoms with Gasteiger partial charge in [-0.25, -0.2) is 24.0 Å². The van der Waals surface area contributed by atoms with Gasteiger partial charge < -0.3 is 33.7 Å². The van der Waals surface area contributed by atoms with E-state index in [9.17, 15) is 33.6 Å². The van der Waals surface area contributed by atoms with Crippen molar-refractivity contribution < 1.29 is 62.0 Å². The first-order chi connectivity index (χ1) is 22.6. The summed E-state index contributed by atoms with van der Waals surface area (Å²) in [4.78, 5) is 84.9. The number of ether oxygens (including phenoxy) is 6. The number of nitrogens with one attached hydrogen (secondary N) is 1. The molecule has 0 bridgehead atoms. The minimum atomic E-state index is -0.911. The number of carbonyl (C=O) groups is 7. The lowest BCUT2D eigenvalue weighted by molar-refractivity contribution is -0.139. The van der Waals surface area contributed by atoms with Crippen LogP contribution in [0.2, 0.25) is 0 Å². The molecule has 1 amide bonds. The highest BCUT2D eigenvalue weighted by Crippen LogP contribution is 2.21. The lowest BCUT2D eigenvalue weighted by atomic mass is 9.94. The summed E-state index contributed by atoms with van der Waals surface area (Å²) in [6, 6.07) is 2.26. The van der Waals surface area contributed by atoms with Gasteiger partial charge in [0.2, 0.25) is 0 Å². The van der Waals surface area contributed by atoms with Crippen LogP contribution >= 0.6 is 0 Å². The quantitative estimate of drug-likeness (QED) is 0.0602. The summed E-state index contributed by atoms with van der Waals surface area (Å²) >= 11 is 0. The number of rotatable bonds is 22. The first-order valence-corrected chi connectivity index (χ1v) is 15.4. The number of alkyl carbamates (subject to hydrolysis) is 1. The molecule has 1 N–H and O–H groups in total. The number of benzene rings is 1. The molecule has 0 saturated carbocycles. The van der Waals surface area contributed by atoms with Crippen LogP contribution in [-0.4, -0.2) is 93.8 Å². The highest BCUT2D eigenvalue weighted by molar-refractivity contribution is 6.12. The monoisotopic (exact) mass is 675 g/mol. The van der Waals surface area contributed by atoms with Gasteiger partial charge in [0.1, 0.15) is 6.61 Å². The molecule has 264 valence electrons. The molecule has 0 fully saturated rings. The van der Waals surface area contributed by atoms with Gasteiger partial charge in [-0.3, -0.25) is 9.59 Å². The van der Waals surface area contributed by atoms with E-state index in [4.69, 9.17) is 28.4 Å². The Balaban J connectivity index is 2.60. The summed E-state index contributed by atoms with van der Waals surface area (Å²) in [6.07, 6.45) is 0.848. The zero-order valence-electron chi connectivity index (χ0n) is 28.2. The molecule has 14 heteroatoms. The number of amides is 1. The molecule has 14 nitrogen and oxygen atoms in total. The fourth-order valence-electron chi connectivity index (χ4n) is 3.79. The molecule has 0 spiro atoms. The van der Waals surface area contributed by atoms with E-state index in [0.29, 0.717) is 24.8 Å². The number of Topliss-reactive ketones (excluding diaryl/α,β-unsaturated/α-hetero) is 2. The summed E-state index contributed by atoms with van der Waals surface area (Å²) in [5, 5.41) is 2.39. The summed E-state index contributed by atoms with van der Waals surface area (Å²) in [5.41, 5.74) is -0.0682. The van der Waals surface area contributed by atoms with Crippen molar-refractivity contribution in [1.82, 2.24) is 5.32 Å². The number of carbonyl (C=O) groups excluding carboxylic acids is 7. The van der Waals surface area contributed by atoms with Gasteiger partial charge >= 0.3 is 30.0 Å². The third kappa shape index (κ3) is 15.6. The molecule has 48 heavy (non-hydrogen) atoms. The minimum Gasteiger partial charge on any atom is -0.462 e. The standard InChI is InChI=1S/C34H45NO13/c1-21(2)30(38)44-13-8-11-23(5)43-14-9-15-45-32(40)28-19-27(25(7)37)29(20-26(28)24(6)36)33(41)46-16-10-17-48-34(42)35-12-18-47-31(39)22(3)4/h19-20,23H,1,3,8-18H2,2,4-7H3,(H,35,42)/t23-/m0/s1. The van der Waals surface area contributed by atoms with Gasteiger partial charge in [-0.2, -0.15) is 0 Å². The van der Waals surface area contributed by atoms with Crippen molar-refractivity contribution in [3.05, 3.63) is 58.7 Å². The fraction of sp³-hybridized carbons (Fsp3) is 0.500. The molecular weight excluding hydrogens is 630 g/mol. The Labute approximate surface area is 280 Å². The molecule has 0 heterocycles. The molecule has 1 aromatic carbocycles. The largest absolute Gasteiger partial charge is 0.462 e. The first kappa shape index (κ1) is 41.2. The summed E-state index contributed by atoms with van der Waals surface area (Å²) in [6.45, 7) is 14.5. The molecule has 0 aliphatic heterocycles. The Morgan fingerprint density at radius 3 is 1.52 bits per heavy atom. The minimum absolute atomic E-state index is 0.0232. The van der Waals surface area contributed by atoms with E-state index in [1.165, 1.54) is 20.8 Å². The molecule has 0 unspecified atom stereocenters. The predicted octanol–water partition coefficient (Wildman–Crippen LogP) is 4.34. The molecule has 0 radical (unpaired) electrons. The van der Waals surface area contributed by atoms with Crippen LogP contribution in [0.3, 0.4) is 0 Å². The Morgan fingerprint density at radius 2 is 1.04 bits per heavy atom. The maximum absolute atomic E-state index is 12.9. The van der Waals surface area contributed by atoms with Crippen LogP contribution in [0.4, 0.5) is 4.79 Å². The Kier molecular flexibility index (Phi) is 18.7. The summed E-state index contributed by atoms with van der Waals surface area (Å²) < 4.78 is 31.0. The molecule has 0 saturated heterocycles. The lowest BCUT2D eigenvalue weighted by Crippen LogP contribution is -2.29. The van der Waals surface area contributed by atoms with E-state index in [2.05, 4.69) is 18.5 Å². The van der Waals surface area contributed by atoms with Crippen molar-refractivity contribution in [1.29, 1.82) is 0 Å². The van der Waals surface area contributed by atoms with Crippen molar-refractivity contribution in [2.45, 2.75) is 66.4 Å². The smallest absolute Gasteiger partial charge is 0.407 e. The van der Waals surface area contributed by atoms with E-state index in [1.807, 2.05) is 6.92 Å². The molecule has 1 rings (SSSR count). The number of hydrogen-bond donors (Lipinski definition) is 1. The molecule has 1 aromatic rings. The highest BCUT2D eigenvalue weighted by atomic mass is 16.6. The van der Waals surface area contributed by atoms with Crippen LogP contribution in [0.1, 0.15) is 102 Å². The van der Waals surface area contributed by atoms with E-state index in [0.717, 1.165) is 12.1 Å². The van der Waals surface area contributed by atoms with Crippen molar-refractivity contribution in [2.24, 2.45) is 0 Å². The number of hydrogen-bond acceptors (Lipinski definition) is 13. The van der Waals surface area contributed by atoms with Gasteiger partial charge in [0.05, 0.1) is 56.8 Å². The highest BCUT2D eigenvalue weighted by Gasteiger charge is 2.25. The van der Waals surface area contributed by atoms with Crippen molar-refractivity contribution in [3.8, 4) is 0 Å². The van der Waals surface area contributed by atoms with E-state index in [1.54, 1.807) is 6.92 Å². The zero-order valence-corrected chi connectivity index (χ0v) is 28.2. The van der Waals surface area contributed by atoms with Gasteiger partial charge in [0.25, 0.3) is 0 Å². The Morgan fingerprint density at radius 1 is 0.604 bits per heavy atom. The average molecular weight is 676 g/mol. The van der Waals surface area contributed by atoms with Crippen LogP contribution in [-0.2, 0) is 38.0 Å². The summed E-state index contributed by atoms with van der Waals surface area (Å²) in [5.74, 6) is -3.86. The molecular formula is C34H45NO13. The first-order valence-electron chi connectivity index (χ1n) is 15.4. The molecule has 0 aromatic heterocycles. The third-order valence-corrected chi connectivity index (χ3v) is 6.32. The molecule has 0 aliphatic carbocycles. The Hall–Kier alpha value is -4.85. The maximum Gasteiger partial charge on any atom is 0.407 e. The predicted molar refractivity (Wildman–Crippen MR) is 172 cm³/mol. The van der Waals surface area contributed by atoms with Crippen molar-refractivity contribution >= 4 is 41.5 Å². The maximum atomic E-state index is 12.9. The summed E-state index contributed by atoms with van der Waals surface area (Å²) in [7, 11) is 0. The van der Waals surface area contributed by atoms with Crippen molar-refractivity contribution in [2.75, 3.05) is 46.2 Å². The van der Waals surface area contributed by atoms with E-state index < -0.39 is 41.5 Å². The normalized spacial score (nSPS) is 11.0. The van der Waals surface area contributed by atoms with Crippen LogP contribution < -0.4 is 5.32 Å². The topological polar surface area (TPSA) is 187 Å². The van der Waals surface area contributed by atoms with Crippen LogP contribution in [0.25, 0.3) is 0 Å². The second-order valence-corrected chi connectivity index (χ2v) is 10.8. The lowest BCUT2D eigenvalue weighted by Gasteiger charge is -2.15. The SMILES string of the molecule is C=C(C)C(=O)OCCC[C@H](C)OCCCOC(=O)c1cc(C(C)=O)c(C(=O)OCCCOC(=O)NCCOC(=O)C(=C)C)cc1C(C)=O. The van der Waals surface area contributed by atoms with Gasteiger partial charge in [-0.05, 0) is 59.6 Å². The van der Waals surface area contributed by atoms with Crippen LogP contribution in [0.15, 0.2) is 36.4 Å². The van der Waals surface area contributed by atoms with Crippen LogP contribution in [0.5, 0.6) is 0 Å². The van der Waals surface area contributed by atoms with E-state index >= 15 is 0 Å². The number of ketones is 2. The third-order valence-electron chi connectivity index (χ3n) is 6.32. The van der Waals surface area contributed by atoms with E-state index in [-0.39, 0.29) is 86.5 Å².